The summed E-state index contributed by atoms with van der Waals surface area (Å²) >= 11 is 0. The average Bonchev–Trinajstić information content (AvgIpc) is 2.81. The molecule has 0 unspecified atom stereocenters. The summed E-state index contributed by atoms with van der Waals surface area (Å²) in [6, 6.07) is 5.64. The molecule has 1 aromatic carbocycles. The largest absolute Gasteiger partial charge is 0.360 e. The molecule has 0 spiro atoms. The summed E-state index contributed by atoms with van der Waals surface area (Å²) in [7, 11) is 0. The number of carbonyl (C=O) groups excluding carboxylic acids is 1. The van der Waals surface area contributed by atoms with Gasteiger partial charge in [-0.05, 0) is 23.7 Å². The molecule has 0 saturated heterocycles. The van der Waals surface area contributed by atoms with Gasteiger partial charge in [-0.3, -0.25) is 4.79 Å². The highest BCUT2D eigenvalue weighted by molar-refractivity contribution is 5.97. The van der Waals surface area contributed by atoms with Crippen molar-refractivity contribution in [2.45, 2.75) is 6.42 Å². The molecule has 88 valence electrons. The van der Waals surface area contributed by atoms with Gasteiger partial charge in [-0.25, -0.2) is 0 Å². The summed E-state index contributed by atoms with van der Waals surface area (Å²) in [5.74, 6) is 5.89. The van der Waals surface area contributed by atoms with Crippen molar-refractivity contribution in [3.05, 3.63) is 46.0 Å². The Labute approximate surface area is 103 Å². The first-order valence-corrected chi connectivity index (χ1v) is 5.41. The first-order chi connectivity index (χ1) is 8.85. The van der Waals surface area contributed by atoms with Gasteiger partial charge in [0, 0.05) is 46.1 Å². The Hall–Kier alpha value is -2.70. The van der Waals surface area contributed by atoms with Gasteiger partial charge in [-0.1, -0.05) is 17.0 Å². The third-order valence-corrected chi connectivity index (χ3v) is 2.47. The van der Waals surface area contributed by atoms with Gasteiger partial charge in [-0.15, -0.1) is 0 Å². The molecule has 0 bridgehead atoms. The van der Waals surface area contributed by atoms with E-state index in [0.717, 1.165) is 22.8 Å². The lowest BCUT2D eigenvalue weighted by Crippen LogP contribution is -1.79. The highest BCUT2D eigenvalue weighted by Gasteiger charge is 2.02. The van der Waals surface area contributed by atoms with Crippen LogP contribution in [0.5, 0.6) is 0 Å². The van der Waals surface area contributed by atoms with Crippen molar-refractivity contribution in [2.75, 3.05) is 6.54 Å². The Bertz CT molecular complexity index is 684. The van der Waals surface area contributed by atoms with E-state index in [4.69, 9.17) is 5.53 Å². The van der Waals surface area contributed by atoms with E-state index in [0.29, 0.717) is 18.5 Å². The van der Waals surface area contributed by atoms with E-state index in [2.05, 4.69) is 26.9 Å². The maximum Gasteiger partial charge on any atom is 0.152 e. The first-order valence-electron chi connectivity index (χ1n) is 5.41. The second kappa shape index (κ2) is 5.58. The molecule has 1 N–H and O–H groups in total. The number of carbonyl (C=O) groups is 1. The minimum atomic E-state index is 0.371. The van der Waals surface area contributed by atoms with E-state index in [1.807, 2.05) is 18.2 Å². The van der Waals surface area contributed by atoms with Gasteiger partial charge in [0.05, 0.1) is 0 Å². The third kappa shape index (κ3) is 2.51. The fourth-order valence-corrected chi connectivity index (χ4v) is 1.63. The Balaban J connectivity index is 2.23. The van der Waals surface area contributed by atoms with Crippen LogP contribution in [0.15, 0.2) is 29.5 Å². The maximum absolute atomic E-state index is 10.8. The topological polar surface area (TPSA) is 81.6 Å². The molecule has 0 fully saturated rings. The van der Waals surface area contributed by atoms with Crippen molar-refractivity contribution in [2.24, 2.45) is 5.11 Å². The second-order valence-corrected chi connectivity index (χ2v) is 3.63. The summed E-state index contributed by atoms with van der Waals surface area (Å²) in [5.41, 5.74) is 10.5. The lowest BCUT2D eigenvalue weighted by atomic mass is 10.1. The predicted molar refractivity (Wildman–Crippen MR) is 69.2 cm³/mol. The zero-order valence-electron chi connectivity index (χ0n) is 9.55. The molecule has 0 amide bonds. The van der Waals surface area contributed by atoms with E-state index >= 15 is 0 Å². The van der Waals surface area contributed by atoms with E-state index in [9.17, 15) is 4.79 Å². The minimum Gasteiger partial charge on any atom is -0.360 e. The zero-order valence-corrected chi connectivity index (χ0v) is 9.55. The number of aromatic nitrogens is 1. The summed E-state index contributed by atoms with van der Waals surface area (Å²) in [6.07, 6.45) is 3.02. The molecule has 2 rings (SSSR count). The predicted octanol–water partition coefficient (Wildman–Crippen LogP) is 3.03. The van der Waals surface area contributed by atoms with Crippen molar-refractivity contribution in [3.8, 4) is 11.8 Å². The van der Waals surface area contributed by atoms with Gasteiger partial charge < -0.3 is 4.98 Å². The van der Waals surface area contributed by atoms with Crippen LogP contribution in [0.4, 0.5) is 0 Å². The van der Waals surface area contributed by atoms with Crippen LogP contribution in [-0.4, -0.2) is 17.8 Å². The third-order valence-electron chi connectivity index (χ3n) is 2.47. The number of fused-ring (bicyclic) bond motifs is 1. The number of H-pyrrole nitrogens is 1. The number of azide groups is 1. The molecule has 0 aliphatic heterocycles. The minimum absolute atomic E-state index is 0.371. The summed E-state index contributed by atoms with van der Waals surface area (Å²) in [5, 5.41) is 4.27. The van der Waals surface area contributed by atoms with Crippen molar-refractivity contribution >= 4 is 17.2 Å². The number of hydrogen-bond acceptors (Lipinski definition) is 2. The molecule has 5 heteroatoms. The highest BCUT2D eigenvalue weighted by atomic mass is 16.1. The molecule has 1 heterocycles. The van der Waals surface area contributed by atoms with E-state index in [-0.39, 0.29) is 0 Å². The molecule has 0 saturated carbocycles. The molecule has 0 aliphatic rings. The number of nitrogens with zero attached hydrogens (tertiary/aromatic N) is 3. The quantitative estimate of drug-likeness (QED) is 0.219. The molecule has 1 aromatic heterocycles. The summed E-state index contributed by atoms with van der Waals surface area (Å²) < 4.78 is 0. The SMILES string of the molecule is [N-]=[N+]=NCCC#Cc1ccc2[nH]cc(C=O)c2c1. The van der Waals surface area contributed by atoms with Crippen LogP contribution in [0.3, 0.4) is 0 Å². The van der Waals surface area contributed by atoms with Gasteiger partial charge >= 0.3 is 0 Å². The summed E-state index contributed by atoms with van der Waals surface area (Å²) in [6.45, 7) is 0.371. The summed E-state index contributed by atoms with van der Waals surface area (Å²) in [4.78, 5) is 16.5. The molecular weight excluding hydrogens is 228 g/mol. The standard InChI is InChI=1S/C13H10N4O/c14-17-16-6-2-1-3-10-4-5-13-12(7-10)11(9-18)8-15-13/h4-5,7-9,15H,2,6H2. The average molecular weight is 238 g/mol. The highest BCUT2D eigenvalue weighted by Crippen LogP contribution is 2.17. The van der Waals surface area contributed by atoms with Crippen molar-refractivity contribution < 1.29 is 4.79 Å². The Morgan fingerprint density at radius 3 is 3.17 bits per heavy atom. The van der Waals surface area contributed by atoms with E-state index in [1.165, 1.54) is 0 Å². The van der Waals surface area contributed by atoms with E-state index < -0.39 is 0 Å². The number of nitrogens with one attached hydrogen (secondary N) is 1. The number of aromatic amines is 1. The zero-order chi connectivity index (χ0) is 12.8. The molecule has 5 nitrogen and oxygen atoms in total. The molecule has 0 atom stereocenters. The smallest absolute Gasteiger partial charge is 0.152 e. The van der Waals surface area contributed by atoms with Crippen molar-refractivity contribution in [1.82, 2.24) is 4.98 Å². The molecular formula is C13H10N4O. The fraction of sp³-hybridized carbons (Fsp3) is 0.154. The van der Waals surface area contributed by atoms with Crippen LogP contribution in [-0.2, 0) is 0 Å². The second-order valence-electron chi connectivity index (χ2n) is 3.63. The van der Waals surface area contributed by atoms with Crippen LogP contribution in [0, 0.1) is 11.8 Å². The Morgan fingerprint density at radius 1 is 1.50 bits per heavy atom. The number of rotatable bonds is 3. The van der Waals surface area contributed by atoms with Crippen LogP contribution in [0.2, 0.25) is 0 Å². The molecule has 18 heavy (non-hydrogen) atoms. The monoisotopic (exact) mass is 238 g/mol. The van der Waals surface area contributed by atoms with Gasteiger partial charge in [0.2, 0.25) is 0 Å². The molecule has 2 aromatic rings. The lowest BCUT2D eigenvalue weighted by molar-refractivity contribution is 0.112. The van der Waals surface area contributed by atoms with Crippen LogP contribution in [0.25, 0.3) is 21.3 Å². The normalized spacial score (nSPS) is 9.33. The number of hydrogen-bond donors (Lipinski definition) is 1. The van der Waals surface area contributed by atoms with Crippen LogP contribution >= 0.6 is 0 Å². The Kier molecular flexibility index (Phi) is 3.65. The first kappa shape index (κ1) is 11.8. The molecule has 0 aliphatic carbocycles. The Morgan fingerprint density at radius 2 is 2.39 bits per heavy atom. The van der Waals surface area contributed by atoms with Crippen molar-refractivity contribution in [3.63, 3.8) is 0 Å². The van der Waals surface area contributed by atoms with Gasteiger partial charge in [0.25, 0.3) is 0 Å². The van der Waals surface area contributed by atoms with E-state index in [1.54, 1.807) is 6.20 Å². The number of benzene rings is 1. The van der Waals surface area contributed by atoms with Gasteiger partial charge in [-0.2, -0.15) is 0 Å². The maximum atomic E-state index is 10.8. The lowest BCUT2D eigenvalue weighted by Gasteiger charge is -1.93. The fourth-order valence-electron chi connectivity index (χ4n) is 1.63. The molecule has 0 radical (unpaired) electrons. The van der Waals surface area contributed by atoms with Gasteiger partial charge in [0.1, 0.15) is 0 Å². The van der Waals surface area contributed by atoms with Crippen LogP contribution in [0.1, 0.15) is 22.3 Å². The van der Waals surface area contributed by atoms with Crippen molar-refractivity contribution in [1.29, 1.82) is 0 Å². The van der Waals surface area contributed by atoms with Crippen LogP contribution < -0.4 is 0 Å². The number of aldehydes is 1. The van der Waals surface area contributed by atoms with Gasteiger partial charge in [0.15, 0.2) is 6.29 Å².